The van der Waals surface area contributed by atoms with Crippen molar-refractivity contribution >= 4 is 11.6 Å². The van der Waals surface area contributed by atoms with Gasteiger partial charge in [-0.3, -0.25) is 0 Å². The zero-order valence-corrected chi connectivity index (χ0v) is 11.7. The number of hydrogen-bond acceptors (Lipinski definition) is 3. The van der Waals surface area contributed by atoms with E-state index in [1.165, 1.54) is 0 Å². The summed E-state index contributed by atoms with van der Waals surface area (Å²) in [7, 11) is 3.66. The van der Waals surface area contributed by atoms with Gasteiger partial charge in [-0.2, -0.15) is 0 Å². The van der Waals surface area contributed by atoms with Crippen LogP contribution >= 0.6 is 11.6 Å². The van der Waals surface area contributed by atoms with Crippen molar-refractivity contribution in [3.63, 3.8) is 0 Å². The lowest BCUT2D eigenvalue weighted by atomic mass is 10.1. The normalized spacial score (nSPS) is 11.9. The summed E-state index contributed by atoms with van der Waals surface area (Å²) in [5, 5.41) is 0.644. The molecule has 0 saturated heterocycles. The fraction of sp³-hybridized carbons (Fsp3) is 0.538. The Balaban J connectivity index is 2.66. The number of benzene rings is 1. The van der Waals surface area contributed by atoms with Crippen molar-refractivity contribution in [2.24, 2.45) is 5.73 Å². The Morgan fingerprint density at radius 1 is 1.41 bits per heavy atom. The van der Waals surface area contributed by atoms with E-state index in [0.29, 0.717) is 10.8 Å². The molecule has 1 aromatic rings. The third-order valence-electron chi connectivity index (χ3n) is 2.35. The van der Waals surface area contributed by atoms with Crippen molar-refractivity contribution in [1.29, 1.82) is 0 Å². The molecule has 4 heteroatoms. The van der Waals surface area contributed by atoms with Crippen LogP contribution in [0.25, 0.3) is 0 Å². The molecule has 0 bridgehead atoms. The Morgan fingerprint density at radius 3 is 2.53 bits per heavy atom. The van der Waals surface area contributed by atoms with Gasteiger partial charge in [-0.1, -0.05) is 17.7 Å². The van der Waals surface area contributed by atoms with E-state index in [4.69, 9.17) is 22.1 Å². The largest absolute Gasteiger partial charge is 0.495 e. The van der Waals surface area contributed by atoms with Crippen LogP contribution in [0, 0.1) is 0 Å². The summed E-state index contributed by atoms with van der Waals surface area (Å²) in [6.45, 7) is 5.69. The molecule has 0 aliphatic rings. The molecule has 0 amide bonds. The van der Waals surface area contributed by atoms with E-state index in [1.54, 1.807) is 7.11 Å². The molecule has 1 aromatic carbocycles. The van der Waals surface area contributed by atoms with Gasteiger partial charge in [0.2, 0.25) is 0 Å². The van der Waals surface area contributed by atoms with Crippen LogP contribution in [0.3, 0.4) is 0 Å². The summed E-state index contributed by atoms with van der Waals surface area (Å²) in [6, 6.07) is 5.84. The molecule has 0 heterocycles. The lowest BCUT2D eigenvalue weighted by Crippen LogP contribution is -2.43. The minimum absolute atomic E-state index is 0.189. The number of nitrogens with zero attached hydrogens (tertiary/aromatic N) is 1. The van der Waals surface area contributed by atoms with Crippen molar-refractivity contribution in [3.05, 3.63) is 28.8 Å². The van der Waals surface area contributed by atoms with Gasteiger partial charge in [0.05, 0.1) is 12.1 Å². The molecular formula is C13H21ClN2O. The first-order valence-corrected chi connectivity index (χ1v) is 5.99. The molecule has 0 unspecified atom stereocenters. The predicted molar refractivity (Wildman–Crippen MR) is 72.6 cm³/mol. The van der Waals surface area contributed by atoms with Crippen LogP contribution in [0.2, 0.25) is 5.02 Å². The van der Waals surface area contributed by atoms with Gasteiger partial charge >= 0.3 is 0 Å². The minimum Gasteiger partial charge on any atom is -0.495 e. The zero-order chi connectivity index (χ0) is 13.1. The van der Waals surface area contributed by atoms with Gasteiger partial charge in [0.15, 0.2) is 0 Å². The molecule has 0 aliphatic heterocycles. The topological polar surface area (TPSA) is 38.5 Å². The molecule has 0 atom stereocenters. The van der Waals surface area contributed by atoms with Gasteiger partial charge in [-0.05, 0) is 38.6 Å². The average molecular weight is 257 g/mol. The first kappa shape index (κ1) is 14.3. The fourth-order valence-electron chi connectivity index (χ4n) is 1.87. The van der Waals surface area contributed by atoms with Crippen LogP contribution < -0.4 is 10.5 Å². The summed E-state index contributed by atoms with van der Waals surface area (Å²) in [5.41, 5.74) is 6.94. The molecule has 1 rings (SSSR count). The van der Waals surface area contributed by atoms with Crippen LogP contribution in [0.15, 0.2) is 18.2 Å². The van der Waals surface area contributed by atoms with Gasteiger partial charge in [-0.25, -0.2) is 0 Å². The van der Waals surface area contributed by atoms with Gasteiger partial charge in [0.25, 0.3) is 0 Å². The van der Waals surface area contributed by atoms with Crippen LogP contribution in [-0.4, -0.2) is 31.1 Å². The lowest BCUT2D eigenvalue weighted by molar-refractivity contribution is 0.263. The van der Waals surface area contributed by atoms with Crippen molar-refractivity contribution in [2.45, 2.75) is 25.9 Å². The maximum Gasteiger partial charge on any atom is 0.137 e. The molecule has 0 spiro atoms. The van der Waals surface area contributed by atoms with E-state index in [1.807, 2.05) is 39.1 Å². The molecule has 0 aliphatic carbocycles. The first-order chi connectivity index (χ1) is 7.81. The molecule has 0 fully saturated rings. The summed E-state index contributed by atoms with van der Waals surface area (Å²) < 4.78 is 5.12. The summed E-state index contributed by atoms with van der Waals surface area (Å²) in [6.07, 6.45) is 0. The molecule has 0 radical (unpaired) electrons. The van der Waals surface area contributed by atoms with E-state index in [-0.39, 0.29) is 5.54 Å². The number of nitrogens with two attached hydrogens (primary N) is 1. The van der Waals surface area contributed by atoms with Crippen LogP contribution in [-0.2, 0) is 6.54 Å². The third kappa shape index (κ3) is 4.94. The van der Waals surface area contributed by atoms with Gasteiger partial charge in [0, 0.05) is 18.6 Å². The highest BCUT2D eigenvalue weighted by molar-refractivity contribution is 6.32. The van der Waals surface area contributed by atoms with Crippen molar-refractivity contribution in [1.82, 2.24) is 4.90 Å². The minimum atomic E-state index is -0.189. The van der Waals surface area contributed by atoms with E-state index >= 15 is 0 Å². The van der Waals surface area contributed by atoms with Gasteiger partial charge in [-0.15, -0.1) is 0 Å². The second-order valence-corrected chi connectivity index (χ2v) is 5.54. The van der Waals surface area contributed by atoms with Gasteiger partial charge < -0.3 is 15.4 Å². The summed E-state index contributed by atoms with van der Waals surface area (Å²) in [5.74, 6) is 0.706. The Morgan fingerprint density at radius 2 is 2.06 bits per heavy atom. The highest BCUT2D eigenvalue weighted by Gasteiger charge is 2.14. The number of halogens is 1. The van der Waals surface area contributed by atoms with Crippen molar-refractivity contribution in [2.75, 3.05) is 20.7 Å². The van der Waals surface area contributed by atoms with E-state index < -0.39 is 0 Å². The summed E-state index contributed by atoms with van der Waals surface area (Å²) in [4.78, 5) is 2.18. The number of ether oxygens (including phenoxy) is 1. The average Bonchev–Trinajstić information content (AvgIpc) is 2.14. The Hall–Kier alpha value is -0.770. The quantitative estimate of drug-likeness (QED) is 0.880. The van der Waals surface area contributed by atoms with Gasteiger partial charge in [0.1, 0.15) is 5.75 Å². The van der Waals surface area contributed by atoms with Crippen LogP contribution in [0.4, 0.5) is 0 Å². The van der Waals surface area contributed by atoms with Crippen LogP contribution in [0.5, 0.6) is 5.75 Å². The Labute approximate surface area is 109 Å². The second kappa shape index (κ2) is 5.71. The zero-order valence-electron chi connectivity index (χ0n) is 11.0. The number of likely N-dealkylation sites (N-methyl/N-ethyl adjacent to an activating group) is 1. The molecular weight excluding hydrogens is 236 g/mol. The second-order valence-electron chi connectivity index (χ2n) is 5.13. The van der Waals surface area contributed by atoms with E-state index in [2.05, 4.69) is 4.90 Å². The molecule has 0 saturated carbocycles. The maximum atomic E-state index is 6.08. The Kier molecular flexibility index (Phi) is 4.80. The maximum absolute atomic E-state index is 6.08. The SMILES string of the molecule is COc1ccc(CN(C)CC(C)(C)N)cc1Cl. The lowest BCUT2D eigenvalue weighted by Gasteiger charge is -2.26. The molecule has 2 N–H and O–H groups in total. The smallest absolute Gasteiger partial charge is 0.137 e. The fourth-order valence-corrected chi connectivity index (χ4v) is 2.15. The summed E-state index contributed by atoms with van der Waals surface area (Å²) >= 11 is 6.08. The first-order valence-electron chi connectivity index (χ1n) is 5.61. The molecule has 3 nitrogen and oxygen atoms in total. The number of rotatable bonds is 5. The van der Waals surface area contributed by atoms with E-state index in [0.717, 1.165) is 18.7 Å². The molecule has 96 valence electrons. The predicted octanol–water partition coefficient (Wildman–Crippen LogP) is 2.52. The van der Waals surface area contributed by atoms with Crippen molar-refractivity contribution in [3.8, 4) is 5.75 Å². The number of hydrogen-bond donors (Lipinski definition) is 1. The molecule has 0 aromatic heterocycles. The molecule has 17 heavy (non-hydrogen) atoms. The van der Waals surface area contributed by atoms with Crippen LogP contribution in [0.1, 0.15) is 19.4 Å². The standard InChI is InChI=1S/C13H21ClN2O/c1-13(2,15)9-16(3)8-10-5-6-12(17-4)11(14)7-10/h5-7H,8-9,15H2,1-4H3. The monoisotopic (exact) mass is 256 g/mol. The Bertz CT molecular complexity index is 374. The van der Waals surface area contributed by atoms with E-state index in [9.17, 15) is 0 Å². The van der Waals surface area contributed by atoms with Crippen molar-refractivity contribution < 1.29 is 4.74 Å². The third-order valence-corrected chi connectivity index (χ3v) is 2.64. The highest BCUT2D eigenvalue weighted by atomic mass is 35.5. The number of methoxy groups -OCH3 is 1. The highest BCUT2D eigenvalue weighted by Crippen LogP contribution is 2.25.